The van der Waals surface area contributed by atoms with Gasteiger partial charge in [-0.3, -0.25) is 9.59 Å². The number of amides is 1. The molecule has 0 bridgehead atoms. The van der Waals surface area contributed by atoms with Crippen molar-refractivity contribution >= 4 is 28.5 Å². The van der Waals surface area contributed by atoms with Crippen LogP contribution in [0.2, 0.25) is 0 Å². The van der Waals surface area contributed by atoms with E-state index in [1.807, 2.05) is 30.3 Å². The fraction of sp³-hybridized carbons (Fsp3) is 0.115. The van der Waals surface area contributed by atoms with Crippen LogP contribution in [0.4, 0.5) is 5.69 Å². The first-order valence-corrected chi connectivity index (χ1v) is 10.0. The van der Waals surface area contributed by atoms with Gasteiger partial charge in [0.2, 0.25) is 0 Å². The van der Waals surface area contributed by atoms with E-state index in [1.54, 1.807) is 50.2 Å². The first-order chi connectivity index (χ1) is 15.4. The third-order valence-electron chi connectivity index (χ3n) is 5.32. The highest BCUT2D eigenvalue weighted by atomic mass is 16.5. The van der Waals surface area contributed by atoms with Gasteiger partial charge < -0.3 is 14.5 Å². The van der Waals surface area contributed by atoms with Crippen molar-refractivity contribution in [2.24, 2.45) is 0 Å². The molecule has 3 aromatic carbocycles. The van der Waals surface area contributed by atoms with E-state index in [2.05, 4.69) is 5.32 Å². The van der Waals surface area contributed by atoms with E-state index in [4.69, 9.17) is 9.15 Å². The van der Waals surface area contributed by atoms with Gasteiger partial charge in [0.25, 0.3) is 5.91 Å². The predicted molar refractivity (Wildman–Crippen MR) is 123 cm³/mol. The van der Waals surface area contributed by atoms with Crippen LogP contribution < -0.4 is 10.7 Å². The zero-order valence-corrected chi connectivity index (χ0v) is 17.9. The summed E-state index contributed by atoms with van der Waals surface area (Å²) in [4.78, 5) is 37.9. The Morgan fingerprint density at radius 1 is 0.938 bits per heavy atom. The molecule has 32 heavy (non-hydrogen) atoms. The van der Waals surface area contributed by atoms with Gasteiger partial charge in [-0.2, -0.15) is 0 Å². The van der Waals surface area contributed by atoms with E-state index in [-0.39, 0.29) is 16.6 Å². The minimum Gasteiger partial charge on any atom is -0.465 e. The second-order valence-electron chi connectivity index (χ2n) is 7.41. The van der Waals surface area contributed by atoms with E-state index in [9.17, 15) is 14.4 Å². The second kappa shape index (κ2) is 8.51. The summed E-state index contributed by atoms with van der Waals surface area (Å²) >= 11 is 0. The summed E-state index contributed by atoms with van der Waals surface area (Å²) in [5.41, 5.74) is 3.15. The molecule has 1 N–H and O–H groups in total. The van der Waals surface area contributed by atoms with E-state index in [1.165, 1.54) is 7.11 Å². The lowest BCUT2D eigenvalue weighted by molar-refractivity contribution is 0.0600. The third-order valence-corrected chi connectivity index (χ3v) is 5.32. The van der Waals surface area contributed by atoms with Gasteiger partial charge in [-0.25, -0.2) is 4.79 Å². The molecule has 0 aliphatic heterocycles. The first-order valence-electron chi connectivity index (χ1n) is 10.0. The molecule has 4 rings (SSSR count). The molecule has 0 atom stereocenters. The average molecular weight is 427 g/mol. The molecular weight excluding hydrogens is 406 g/mol. The largest absolute Gasteiger partial charge is 0.465 e. The van der Waals surface area contributed by atoms with E-state index in [0.717, 1.165) is 5.56 Å². The first kappa shape index (κ1) is 21.1. The molecule has 6 nitrogen and oxygen atoms in total. The molecule has 0 saturated heterocycles. The summed E-state index contributed by atoms with van der Waals surface area (Å²) in [7, 11) is 1.31. The van der Waals surface area contributed by atoms with Crippen molar-refractivity contribution in [2.45, 2.75) is 13.8 Å². The number of carbonyl (C=O) groups excluding carboxylic acids is 2. The van der Waals surface area contributed by atoms with Crippen molar-refractivity contribution in [3.63, 3.8) is 0 Å². The van der Waals surface area contributed by atoms with Gasteiger partial charge in [-0.1, -0.05) is 36.4 Å². The van der Waals surface area contributed by atoms with Crippen LogP contribution in [0, 0.1) is 13.8 Å². The molecule has 0 fully saturated rings. The molecule has 0 aliphatic carbocycles. The van der Waals surface area contributed by atoms with Crippen LogP contribution in [0.15, 0.2) is 75.9 Å². The van der Waals surface area contributed by atoms with Crippen LogP contribution in [0.25, 0.3) is 22.3 Å². The summed E-state index contributed by atoms with van der Waals surface area (Å²) in [6.45, 7) is 3.49. The quantitative estimate of drug-likeness (QED) is 0.457. The monoisotopic (exact) mass is 427 g/mol. The maximum absolute atomic E-state index is 13.1. The Bertz CT molecular complexity index is 1400. The van der Waals surface area contributed by atoms with Gasteiger partial charge in [0.15, 0.2) is 11.0 Å². The van der Waals surface area contributed by atoms with Crippen LogP contribution in [-0.4, -0.2) is 19.0 Å². The Morgan fingerprint density at radius 3 is 2.38 bits per heavy atom. The zero-order chi connectivity index (χ0) is 22.8. The van der Waals surface area contributed by atoms with Crippen molar-refractivity contribution in [3.8, 4) is 11.3 Å². The Morgan fingerprint density at radius 2 is 1.69 bits per heavy atom. The molecule has 1 amide bonds. The number of esters is 1. The standard InChI is InChI=1S/C26H21NO5/c1-15-14-18(26(30)31-3)12-13-21(15)27-25(29)20-11-7-10-19-22(28)16(2)23(32-24(19)20)17-8-5-4-6-9-17/h4-14H,1-3H3,(H,27,29). The zero-order valence-electron chi connectivity index (χ0n) is 17.9. The number of carbonyl (C=O) groups is 2. The number of benzene rings is 3. The second-order valence-corrected chi connectivity index (χ2v) is 7.41. The SMILES string of the molecule is COC(=O)c1ccc(NC(=O)c2cccc3c(=O)c(C)c(-c4ccccc4)oc23)c(C)c1. The number of fused-ring (bicyclic) bond motifs is 1. The topological polar surface area (TPSA) is 85.6 Å². The van der Waals surface area contributed by atoms with E-state index in [0.29, 0.717) is 33.5 Å². The van der Waals surface area contributed by atoms with Crippen LogP contribution in [0.5, 0.6) is 0 Å². The van der Waals surface area contributed by atoms with Crippen LogP contribution >= 0.6 is 0 Å². The van der Waals surface area contributed by atoms with Gasteiger partial charge in [0, 0.05) is 16.8 Å². The van der Waals surface area contributed by atoms with Crippen molar-refractivity contribution in [3.05, 3.63) is 99.2 Å². The lowest BCUT2D eigenvalue weighted by atomic mass is 10.0. The summed E-state index contributed by atoms with van der Waals surface area (Å²) in [6.07, 6.45) is 0. The van der Waals surface area contributed by atoms with Crippen molar-refractivity contribution < 1.29 is 18.7 Å². The maximum atomic E-state index is 13.1. The highest BCUT2D eigenvalue weighted by molar-refractivity contribution is 6.12. The van der Waals surface area contributed by atoms with Crippen LogP contribution in [0.1, 0.15) is 31.8 Å². The molecule has 0 spiro atoms. The van der Waals surface area contributed by atoms with Crippen molar-refractivity contribution in [2.75, 3.05) is 12.4 Å². The molecular formula is C26H21NO5. The lowest BCUT2D eigenvalue weighted by Gasteiger charge is -2.12. The lowest BCUT2D eigenvalue weighted by Crippen LogP contribution is -2.15. The number of methoxy groups -OCH3 is 1. The fourth-order valence-corrected chi connectivity index (χ4v) is 3.59. The molecule has 0 unspecified atom stereocenters. The number of hydrogen-bond donors (Lipinski definition) is 1. The van der Waals surface area contributed by atoms with Crippen LogP contribution in [0.3, 0.4) is 0 Å². The third kappa shape index (κ3) is 3.78. The minimum atomic E-state index is -0.453. The predicted octanol–water partition coefficient (Wildman–Crippen LogP) is 5.12. The minimum absolute atomic E-state index is 0.182. The molecule has 4 aromatic rings. The van der Waals surface area contributed by atoms with Gasteiger partial charge >= 0.3 is 5.97 Å². The molecule has 0 radical (unpaired) electrons. The number of ether oxygens (including phenoxy) is 1. The highest BCUT2D eigenvalue weighted by Crippen LogP contribution is 2.28. The van der Waals surface area contributed by atoms with Gasteiger partial charge in [0.05, 0.1) is 23.6 Å². The summed E-state index contributed by atoms with van der Waals surface area (Å²) in [6, 6.07) is 19.1. The van der Waals surface area contributed by atoms with Crippen molar-refractivity contribution in [1.82, 2.24) is 0 Å². The average Bonchev–Trinajstić information content (AvgIpc) is 2.82. The smallest absolute Gasteiger partial charge is 0.337 e. The number of para-hydroxylation sites is 1. The fourth-order valence-electron chi connectivity index (χ4n) is 3.59. The molecule has 1 heterocycles. The Hall–Kier alpha value is -4.19. The Labute approximate surface area is 184 Å². The number of nitrogens with one attached hydrogen (secondary N) is 1. The molecule has 0 aliphatic rings. The van der Waals surface area contributed by atoms with Crippen molar-refractivity contribution in [1.29, 1.82) is 0 Å². The molecule has 0 saturated carbocycles. The van der Waals surface area contributed by atoms with E-state index < -0.39 is 11.9 Å². The number of rotatable bonds is 4. The number of aryl methyl sites for hydroxylation is 1. The normalized spacial score (nSPS) is 10.7. The van der Waals surface area contributed by atoms with Crippen LogP contribution in [-0.2, 0) is 4.74 Å². The summed E-state index contributed by atoms with van der Waals surface area (Å²) < 4.78 is 10.9. The maximum Gasteiger partial charge on any atom is 0.337 e. The van der Waals surface area contributed by atoms with Gasteiger partial charge in [-0.05, 0) is 49.7 Å². The van der Waals surface area contributed by atoms with E-state index >= 15 is 0 Å². The molecule has 160 valence electrons. The van der Waals surface area contributed by atoms with Gasteiger partial charge in [-0.15, -0.1) is 0 Å². The molecule has 6 heteroatoms. The Balaban J connectivity index is 1.78. The van der Waals surface area contributed by atoms with Gasteiger partial charge in [0.1, 0.15) is 5.76 Å². The summed E-state index contributed by atoms with van der Waals surface area (Å²) in [5, 5.41) is 3.18. The Kier molecular flexibility index (Phi) is 5.60. The molecule has 1 aromatic heterocycles. The number of anilines is 1. The highest BCUT2D eigenvalue weighted by Gasteiger charge is 2.19. The summed E-state index contributed by atoms with van der Waals surface area (Å²) in [5.74, 6) is -0.442. The number of hydrogen-bond acceptors (Lipinski definition) is 5.